The van der Waals surface area contributed by atoms with Crippen molar-refractivity contribution in [3.63, 3.8) is 0 Å². The van der Waals surface area contributed by atoms with E-state index in [2.05, 4.69) is 5.32 Å². The Bertz CT molecular complexity index is 263. The third-order valence-corrected chi connectivity index (χ3v) is 3.77. The Balaban J connectivity index is 2.22. The maximum Gasteiger partial charge on any atom is 0.246 e. The molecule has 1 rings (SSSR count). The molecule has 1 aliphatic heterocycles. The van der Waals surface area contributed by atoms with E-state index >= 15 is 0 Å². The van der Waals surface area contributed by atoms with Gasteiger partial charge >= 0.3 is 0 Å². The molecule has 0 atom stereocenters. The van der Waals surface area contributed by atoms with Gasteiger partial charge in [0.2, 0.25) is 5.91 Å². The minimum Gasteiger partial charge on any atom is -0.366 e. The summed E-state index contributed by atoms with van der Waals surface area (Å²) in [4.78, 5) is 11.5. The Kier molecular flexibility index (Phi) is 4.92. The van der Waals surface area contributed by atoms with Crippen LogP contribution in [0.4, 0.5) is 0 Å². The van der Waals surface area contributed by atoms with E-state index in [-0.39, 0.29) is 24.2 Å². The number of rotatable bonds is 3. The smallest absolute Gasteiger partial charge is 0.246 e. The second-order valence-electron chi connectivity index (χ2n) is 5.09. The summed E-state index contributed by atoms with van der Waals surface area (Å²) in [5, 5.41) is 2.91. The van der Waals surface area contributed by atoms with Crippen molar-refractivity contribution in [1.29, 1.82) is 0 Å². The minimum absolute atomic E-state index is 0.0763. The van der Waals surface area contributed by atoms with Gasteiger partial charge in [-0.3, -0.25) is 9.00 Å². The molecule has 0 aromatic rings. The van der Waals surface area contributed by atoms with Crippen LogP contribution in [-0.2, 0) is 20.3 Å². The van der Waals surface area contributed by atoms with Crippen LogP contribution in [0.3, 0.4) is 0 Å². The van der Waals surface area contributed by atoms with Crippen LogP contribution in [0.5, 0.6) is 0 Å². The molecule has 0 aromatic carbocycles. The number of nitrogens with one attached hydrogen (secondary N) is 1. The monoisotopic (exact) mass is 247 g/mol. The van der Waals surface area contributed by atoms with Crippen LogP contribution in [0.1, 0.15) is 33.6 Å². The summed E-state index contributed by atoms with van der Waals surface area (Å²) in [5.74, 6) is 1.32. The Morgan fingerprint density at radius 3 is 2.44 bits per heavy atom. The summed E-state index contributed by atoms with van der Waals surface area (Å²) >= 11 is 0. The molecule has 1 heterocycles. The molecule has 1 N–H and O–H groups in total. The van der Waals surface area contributed by atoms with Crippen LogP contribution in [-0.4, -0.2) is 39.9 Å². The van der Waals surface area contributed by atoms with Gasteiger partial charge < -0.3 is 10.1 Å². The molecular weight excluding hydrogens is 226 g/mol. The Morgan fingerprint density at radius 2 is 1.94 bits per heavy atom. The maximum absolute atomic E-state index is 11.5. The fraction of sp³-hybridized carbons (Fsp3) is 0.909. The largest absolute Gasteiger partial charge is 0.366 e. The number of hydrogen-bond acceptors (Lipinski definition) is 3. The molecule has 1 amide bonds. The number of ether oxygens (including phenoxy) is 1. The summed E-state index contributed by atoms with van der Waals surface area (Å²) in [6.45, 7) is 5.86. The second-order valence-corrected chi connectivity index (χ2v) is 6.79. The standard InChI is InChI=1S/C11H21NO3S/c1-11(2,3)15-8-10(13)12-9-4-6-16(14)7-5-9/h9H,4-8H2,1-3H3,(H,12,13). The topological polar surface area (TPSA) is 55.4 Å². The summed E-state index contributed by atoms with van der Waals surface area (Å²) in [6.07, 6.45) is 1.63. The predicted molar refractivity (Wildman–Crippen MR) is 64.7 cm³/mol. The van der Waals surface area contributed by atoms with Crippen molar-refractivity contribution in [3.05, 3.63) is 0 Å². The molecule has 0 spiro atoms. The molecular formula is C11H21NO3S. The maximum atomic E-state index is 11.5. The zero-order chi connectivity index (χ0) is 12.2. The van der Waals surface area contributed by atoms with E-state index in [0.29, 0.717) is 11.5 Å². The molecule has 0 unspecified atom stereocenters. The lowest BCUT2D eigenvalue weighted by atomic mass is 10.1. The van der Waals surface area contributed by atoms with Crippen molar-refractivity contribution in [3.8, 4) is 0 Å². The zero-order valence-electron chi connectivity index (χ0n) is 10.2. The van der Waals surface area contributed by atoms with Gasteiger partial charge in [-0.05, 0) is 33.6 Å². The highest BCUT2D eigenvalue weighted by Gasteiger charge is 2.20. The van der Waals surface area contributed by atoms with Gasteiger partial charge in [-0.15, -0.1) is 0 Å². The first-order chi connectivity index (χ1) is 7.37. The van der Waals surface area contributed by atoms with Crippen LogP contribution >= 0.6 is 0 Å². The van der Waals surface area contributed by atoms with Gasteiger partial charge in [0.1, 0.15) is 6.61 Å². The summed E-state index contributed by atoms with van der Waals surface area (Å²) in [5.41, 5.74) is -0.286. The van der Waals surface area contributed by atoms with E-state index in [9.17, 15) is 9.00 Å². The minimum atomic E-state index is -0.676. The molecule has 0 aliphatic carbocycles. The van der Waals surface area contributed by atoms with Gasteiger partial charge in [0.15, 0.2) is 0 Å². The molecule has 1 fully saturated rings. The SMILES string of the molecule is CC(C)(C)OCC(=O)NC1CCS(=O)CC1. The average molecular weight is 247 g/mol. The highest BCUT2D eigenvalue weighted by atomic mass is 32.2. The molecule has 0 bridgehead atoms. The van der Waals surface area contributed by atoms with Crippen molar-refractivity contribution in [1.82, 2.24) is 5.32 Å². The first-order valence-corrected chi connectivity index (χ1v) is 7.14. The van der Waals surface area contributed by atoms with Crippen molar-refractivity contribution in [2.75, 3.05) is 18.1 Å². The normalized spacial score (nSPS) is 26.4. The molecule has 0 saturated carbocycles. The quantitative estimate of drug-likeness (QED) is 0.803. The van der Waals surface area contributed by atoms with Crippen molar-refractivity contribution in [2.45, 2.75) is 45.3 Å². The third-order valence-electron chi connectivity index (χ3n) is 2.39. The molecule has 0 aromatic heterocycles. The lowest BCUT2D eigenvalue weighted by molar-refractivity contribution is -0.131. The van der Waals surface area contributed by atoms with Gasteiger partial charge in [-0.1, -0.05) is 0 Å². The van der Waals surface area contributed by atoms with E-state index in [1.807, 2.05) is 20.8 Å². The first-order valence-electron chi connectivity index (χ1n) is 5.65. The van der Waals surface area contributed by atoms with E-state index in [1.54, 1.807) is 0 Å². The first kappa shape index (κ1) is 13.6. The van der Waals surface area contributed by atoms with E-state index in [1.165, 1.54) is 0 Å². The second kappa shape index (κ2) is 5.77. The van der Waals surface area contributed by atoms with E-state index in [4.69, 9.17) is 4.74 Å². The van der Waals surface area contributed by atoms with Crippen LogP contribution in [0, 0.1) is 0 Å². The lowest BCUT2D eigenvalue weighted by Gasteiger charge is -2.24. The lowest BCUT2D eigenvalue weighted by Crippen LogP contribution is -2.42. The summed E-state index contributed by atoms with van der Waals surface area (Å²) in [7, 11) is -0.676. The number of carbonyl (C=O) groups is 1. The van der Waals surface area contributed by atoms with Crippen molar-refractivity contribution < 1.29 is 13.7 Å². The fourth-order valence-corrected chi connectivity index (χ4v) is 2.79. The molecule has 1 aliphatic rings. The van der Waals surface area contributed by atoms with Crippen LogP contribution in [0.2, 0.25) is 0 Å². The van der Waals surface area contributed by atoms with Gasteiger partial charge in [0.05, 0.1) is 5.60 Å². The van der Waals surface area contributed by atoms with Gasteiger partial charge in [-0.2, -0.15) is 0 Å². The Labute approximate surface area is 99.6 Å². The highest BCUT2D eigenvalue weighted by molar-refractivity contribution is 7.85. The average Bonchev–Trinajstić information content (AvgIpc) is 2.18. The van der Waals surface area contributed by atoms with Crippen LogP contribution < -0.4 is 5.32 Å². The predicted octanol–water partition coefficient (Wildman–Crippen LogP) is 0.829. The Morgan fingerprint density at radius 1 is 1.38 bits per heavy atom. The number of carbonyl (C=O) groups excluding carboxylic acids is 1. The highest BCUT2D eigenvalue weighted by Crippen LogP contribution is 2.10. The third kappa shape index (κ3) is 5.61. The van der Waals surface area contributed by atoms with Crippen molar-refractivity contribution in [2.24, 2.45) is 0 Å². The summed E-state index contributed by atoms with van der Waals surface area (Å²) < 4.78 is 16.5. The summed E-state index contributed by atoms with van der Waals surface area (Å²) in [6, 6.07) is 0.175. The number of amides is 1. The molecule has 4 nitrogen and oxygen atoms in total. The van der Waals surface area contributed by atoms with Gasteiger partial charge in [0, 0.05) is 28.3 Å². The fourth-order valence-electron chi connectivity index (χ4n) is 1.49. The Hall–Kier alpha value is -0.420. The van der Waals surface area contributed by atoms with E-state index < -0.39 is 10.8 Å². The van der Waals surface area contributed by atoms with Crippen LogP contribution in [0.15, 0.2) is 0 Å². The molecule has 94 valence electrons. The molecule has 1 saturated heterocycles. The van der Waals surface area contributed by atoms with Gasteiger partial charge in [-0.25, -0.2) is 0 Å². The zero-order valence-corrected chi connectivity index (χ0v) is 11.1. The number of hydrogen-bond donors (Lipinski definition) is 1. The molecule has 16 heavy (non-hydrogen) atoms. The van der Waals surface area contributed by atoms with Crippen molar-refractivity contribution >= 4 is 16.7 Å². The van der Waals surface area contributed by atoms with Gasteiger partial charge in [0.25, 0.3) is 0 Å². The molecule has 0 radical (unpaired) electrons. The van der Waals surface area contributed by atoms with Crippen LogP contribution in [0.25, 0.3) is 0 Å². The van der Waals surface area contributed by atoms with E-state index in [0.717, 1.165) is 12.8 Å². The molecule has 5 heteroatoms.